The molecule has 0 saturated heterocycles. The zero-order valence-corrected chi connectivity index (χ0v) is 7.96. The number of hydrogen-bond donors (Lipinski definition) is 0. The summed E-state index contributed by atoms with van der Waals surface area (Å²) < 4.78 is 2.15. The highest BCUT2D eigenvalue weighted by atomic mass is 15.0. The van der Waals surface area contributed by atoms with Gasteiger partial charge >= 0.3 is 0 Å². The molecule has 0 fully saturated rings. The standard InChI is InChI=1S/C7H12N2.C2H6/c1-3-4-9-6-8-5-7(9)2;1-2/h5-6H,3-4H2,1-2H3;1-2H3. The molecule has 64 valence electrons. The molecule has 0 saturated carbocycles. The molecule has 0 bridgehead atoms. The Morgan fingerprint density at radius 3 is 2.45 bits per heavy atom. The van der Waals surface area contributed by atoms with Crippen LogP contribution in [0.5, 0.6) is 0 Å². The van der Waals surface area contributed by atoms with Gasteiger partial charge in [-0.25, -0.2) is 4.98 Å². The van der Waals surface area contributed by atoms with Crippen LogP contribution in [0.25, 0.3) is 0 Å². The summed E-state index contributed by atoms with van der Waals surface area (Å²) in [5, 5.41) is 0. The van der Waals surface area contributed by atoms with E-state index in [1.165, 1.54) is 12.1 Å². The molecule has 11 heavy (non-hydrogen) atoms. The number of hydrogen-bond acceptors (Lipinski definition) is 1. The number of aromatic nitrogens is 2. The van der Waals surface area contributed by atoms with E-state index >= 15 is 0 Å². The van der Waals surface area contributed by atoms with E-state index in [4.69, 9.17) is 0 Å². The molecule has 2 nitrogen and oxygen atoms in total. The summed E-state index contributed by atoms with van der Waals surface area (Å²) in [7, 11) is 0. The molecule has 0 amide bonds. The van der Waals surface area contributed by atoms with Crippen molar-refractivity contribution in [2.75, 3.05) is 0 Å². The van der Waals surface area contributed by atoms with Crippen LogP contribution in [0, 0.1) is 6.92 Å². The predicted octanol–water partition coefficient (Wildman–Crippen LogP) is 2.63. The van der Waals surface area contributed by atoms with Gasteiger partial charge in [0.2, 0.25) is 0 Å². The predicted molar refractivity (Wildman–Crippen MR) is 48.6 cm³/mol. The molecule has 2 heteroatoms. The Hall–Kier alpha value is -0.790. The third kappa shape index (κ3) is 3.21. The number of imidazole rings is 1. The minimum atomic E-state index is 1.09. The summed E-state index contributed by atoms with van der Waals surface area (Å²) in [5.74, 6) is 0. The molecule has 0 unspecified atom stereocenters. The highest BCUT2D eigenvalue weighted by Gasteiger charge is 1.91. The lowest BCUT2D eigenvalue weighted by atomic mass is 10.4. The van der Waals surface area contributed by atoms with Crippen molar-refractivity contribution in [2.45, 2.75) is 40.7 Å². The van der Waals surface area contributed by atoms with Crippen molar-refractivity contribution in [2.24, 2.45) is 0 Å². The van der Waals surface area contributed by atoms with E-state index in [0.29, 0.717) is 0 Å². The van der Waals surface area contributed by atoms with Crippen molar-refractivity contribution in [1.29, 1.82) is 0 Å². The molecule has 1 heterocycles. The molecule has 0 atom stereocenters. The highest BCUT2D eigenvalue weighted by Crippen LogP contribution is 1.96. The van der Waals surface area contributed by atoms with E-state index in [1.54, 1.807) is 0 Å². The van der Waals surface area contributed by atoms with Gasteiger partial charge in [-0.1, -0.05) is 20.8 Å². The zero-order chi connectivity index (χ0) is 8.69. The largest absolute Gasteiger partial charge is 0.335 e. The zero-order valence-electron chi connectivity index (χ0n) is 7.96. The van der Waals surface area contributed by atoms with E-state index < -0.39 is 0 Å². The fourth-order valence-electron chi connectivity index (χ4n) is 0.862. The monoisotopic (exact) mass is 154 g/mol. The van der Waals surface area contributed by atoms with E-state index in [2.05, 4.69) is 23.4 Å². The van der Waals surface area contributed by atoms with E-state index in [1.807, 2.05) is 26.4 Å². The van der Waals surface area contributed by atoms with E-state index in [9.17, 15) is 0 Å². The fraction of sp³-hybridized carbons (Fsp3) is 0.667. The van der Waals surface area contributed by atoms with E-state index in [-0.39, 0.29) is 0 Å². The Balaban J connectivity index is 0.000000461. The Kier molecular flexibility index (Phi) is 5.53. The summed E-state index contributed by atoms with van der Waals surface area (Å²) >= 11 is 0. The van der Waals surface area contributed by atoms with Crippen molar-refractivity contribution < 1.29 is 0 Å². The summed E-state index contributed by atoms with van der Waals surface area (Å²) in [4.78, 5) is 4.00. The molecule has 0 spiro atoms. The van der Waals surface area contributed by atoms with Crippen LogP contribution >= 0.6 is 0 Å². The Morgan fingerprint density at radius 1 is 1.45 bits per heavy atom. The van der Waals surface area contributed by atoms with Gasteiger partial charge in [-0.05, 0) is 13.3 Å². The van der Waals surface area contributed by atoms with Gasteiger partial charge in [0, 0.05) is 18.4 Å². The van der Waals surface area contributed by atoms with Crippen LogP contribution in [-0.4, -0.2) is 9.55 Å². The topological polar surface area (TPSA) is 17.8 Å². The lowest BCUT2D eigenvalue weighted by Crippen LogP contribution is -1.95. The minimum Gasteiger partial charge on any atom is -0.335 e. The van der Waals surface area contributed by atoms with E-state index in [0.717, 1.165) is 6.54 Å². The number of rotatable bonds is 2. The molecule has 1 aromatic rings. The average Bonchev–Trinajstić information content (AvgIpc) is 2.42. The first kappa shape index (κ1) is 10.2. The van der Waals surface area contributed by atoms with Crippen LogP contribution in [0.1, 0.15) is 32.9 Å². The van der Waals surface area contributed by atoms with Crippen LogP contribution < -0.4 is 0 Å². The maximum absolute atomic E-state index is 4.00. The van der Waals surface area contributed by atoms with Crippen molar-refractivity contribution in [3.05, 3.63) is 18.2 Å². The van der Waals surface area contributed by atoms with Crippen LogP contribution in [0.15, 0.2) is 12.5 Å². The lowest BCUT2D eigenvalue weighted by molar-refractivity contribution is 0.662. The summed E-state index contributed by atoms with van der Waals surface area (Å²) in [6.07, 6.45) is 4.94. The van der Waals surface area contributed by atoms with Crippen molar-refractivity contribution in [3.63, 3.8) is 0 Å². The molecular weight excluding hydrogens is 136 g/mol. The third-order valence-electron chi connectivity index (χ3n) is 1.38. The smallest absolute Gasteiger partial charge is 0.0948 e. The van der Waals surface area contributed by atoms with Gasteiger partial charge in [0.05, 0.1) is 6.33 Å². The summed E-state index contributed by atoms with van der Waals surface area (Å²) in [5.41, 5.74) is 1.25. The second-order valence-corrected chi connectivity index (χ2v) is 2.23. The van der Waals surface area contributed by atoms with Gasteiger partial charge in [-0.15, -0.1) is 0 Å². The van der Waals surface area contributed by atoms with Gasteiger partial charge in [0.15, 0.2) is 0 Å². The quantitative estimate of drug-likeness (QED) is 0.640. The van der Waals surface area contributed by atoms with Crippen molar-refractivity contribution in [3.8, 4) is 0 Å². The molecule has 0 radical (unpaired) electrons. The Bertz CT molecular complexity index is 179. The van der Waals surface area contributed by atoms with Crippen molar-refractivity contribution >= 4 is 0 Å². The molecule has 1 rings (SSSR count). The second-order valence-electron chi connectivity index (χ2n) is 2.23. The molecule has 0 aliphatic heterocycles. The Labute approximate surface area is 69.3 Å². The van der Waals surface area contributed by atoms with Gasteiger partial charge in [-0.2, -0.15) is 0 Å². The normalized spacial score (nSPS) is 8.73. The average molecular weight is 154 g/mol. The highest BCUT2D eigenvalue weighted by molar-refractivity contribution is 4.93. The van der Waals surface area contributed by atoms with Gasteiger partial charge in [0.1, 0.15) is 0 Å². The molecule has 0 aromatic carbocycles. The fourth-order valence-corrected chi connectivity index (χ4v) is 0.862. The van der Waals surface area contributed by atoms with Gasteiger partial charge in [0.25, 0.3) is 0 Å². The first-order valence-electron chi connectivity index (χ1n) is 4.31. The molecular formula is C9H18N2. The first-order valence-corrected chi connectivity index (χ1v) is 4.31. The lowest BCUT2D eigenvalue weighted by Gasteiger charge is -1.99. The van der Waals surface area contributed by atoms with Crippen LogP contribution in [0.3, 0.4) is 0 Å². The molecule has 1 aromatic heterocycles. The van der Waals surface area contributed by atoms with Crippen LogP contribution in [-0.2, 0) is 6.54 Å². The second kappa shape index (κ2) is 5.96. The SMILES string of the molecule is CC.CCCn1cncc1C. The maximum atomic E-state index is 4.00. The molecule has 0 aliphatic carbocycles. The number of nitrogens with zero attached hydrogens (tertiary/aromatic N) is 2. The summed E-state index contributed by atoms with van der Waals surface area (Å²) in [6, 6.07) is 0. The van der Waals surface area contributed by atoms with Gasteiger partial charge < -0.3 is 4.57 Å². The molecule has 0 aliphatic rings. The van der Waals surface area contributed by atoms with Crippen molar-refractivity contribution in [1.82, 2.24) is 9.55 Å². The van der Waals surface area contributed by atoms with Crippen LogP contribution in [0.2, 0.25) is 0 Å². The van der Waals surface area contributed by atoms with Crippen LogP contribution in [0.4, 0.5) is 0 Å². The number of aryl methyl sites for hydroxylation is 2. The Morgan fingerprint density at radius 2 is 2.09 bits per heavy atom. The van der Waals surface area contributed by atoms with Gasteiger partial charge in [-0.3, -0.25) is 0 Å². The minimum absolute atomic E-state index is 1.09. The maximum Gasteiger partial charge on any atom is 0.0948 e. The molecule has 0 N–H and O–H groups in total. The first-order chi connectivity index (χ1) is 5.34. The summed E-state index contributed by atoms with van der Waals surface area (Å²) in [6.45, 7) is 9.33. The third-order valence-corrected chi connectivity index (χ3v) is 1.38.